The van der Waals surface area contributed by atoms with E-state index in [1.807, 2.05) is 0 Å². The third-order valence-corrected chi connectivity index (χ3v) is 2.61. The van der Waals surface area contributed by atoms with Crippen LogP contribution in [0.15, 0.2) is 54.6 Å². The van der Waals surface area contributed by atoms with Gasteiger partial charge in [0, 0.05) is 11.6 Å². The Morgan fingerprint density at radius 3 is 2.75 bits per heavy atom. The molecule has 4 heteroatoms. The van der Waals surface area contributed by atoms with Crippen LogP contribution in [-0.2, 0) is 11.4 Å². The van der Waals surface area contributed by atoms with Gasteiger partial charge >= 0.3 is 5.97 Å². The first kappa shape index (κ1) is 13.8. The second kappa shape index (κ2) is 6.52. The van der Waals surface area contributed by atoms with Gasteiger partial charge in [0.15, 0.2) is 0 Å². The lowest BCUT2D eigenvalue weighted by Crippen LogP contribution is -1.97. The Kier molecular flexibility index (Phi) is 4.50. The summed E-state index contributed by atoms with van der Waals surface area (Å²) in [5.41, 5.74) is 1.37. The molecule has 0 radical (unpaired) electrons. The van der Waals surface area contributed by atoms with E-state index in [-0.39, 0.29) is 12.4 Å². The molecule has 2 aromatic rings. The zero-order valence-electron chi connectivity index (χ0n) is 10.6. The molecule has 1 N–H and O–H groups in total. The van der Waals surface area contributed by atoms with Crippen LogP contribution in [-0.4, -0.2) is 11.1 Å². The lowest BCUT2D eigenvalue weighted by Gasteiger charge is -2.09. The zero-order chi connectivity index (χ0) is 14.4. The minimum Gasteiger partial charge on any atom is -0.488 e. The summed E-state index contributed by atoms with van der Waals surface area (Å²) in [7, 11) is 0. The largest absolute Gasteiger partial charge is 0.488 e. The monoisotopic (exact) mass is 272 g/mol. The maximum Gasteiger partial charge on any atom is 0.328 e. The van der Waals surface area contributed by atoms with E-state index in [2.05, 4.69) is 0 Å². The standard InChI is InChI=1S/C16H13FO3/c17-14-6-3-4-12(10-14)11-20-15-7-2-1-5-13(15)8-9-16(18)19/h1-10H,11H2,(H,18,19). The molecule has 0 atom stereocenters. The second-order valence-electron chi connectivity index (χ2n) is 4.13. The van der Waals surface area contributed by atoms with Gasteiger partial charge in [0.05, 0.1) is 0 Å². The van der Waals surface area contributed by atoms with Gasteiger partial charge < -0.3 is 9.84 Å². The molecule has 3 nitrogen and oxygen atoms in total. The van der Waals surface area contributed by atoms with E-state index >= 15 is 0 Å². The van der Waals surface area contributed by atoms with Crippen LogP contribution in [0.3, 0.4) is 0 Å². The molecule has 0 aliphatic rings. The van der Waals surface area contributed by atoms with Gasteiger partial charge in [-0.15, -0.1) is 0 Å². The molecule has 0 aliphatic carbocycles. The van der Waals surface area contributed by atoms with Crippen molar-refractivity contribution < 1.29 is 19.0 Å². The Balaban J connectivity index is 2.11. The summed E-state index contributed by atoms with van der Waals surface area (Å²) >= 11 is 0. The Labute approximate surface area is 115 Å². The number of para-hydroxylation sites is 1. The Bertz CT molecular complexity index is 635. The van der Waals surface area contributed by atoms with Crippen molar-refractivity contribution in [1.29, 1.82) is 0 Å². The van der Waals surface area contributed by atoms with Gasteiger partial charge in [0.1, 0.15) is 18.2 Å². The van der Waals surface area contributed by atoms with Crippen molar-refractivity contribution >= 4 is 12.0 Å². The van der Waals surface area contributed by atoms with Crippen molar-refractivity contribution in [2.24, 2.45) is 0 Å². The third kappa shape index (κ3) is 3.95. The maximum atomic E-state index is 13.0. The van der Waals surface area contributed by atoms with Crippen LogP contribution in [0.1, 0.15) is 11.1 Å². The summed E-state index contributed by atoms with van der Waals surface area (Å²) in [5, 5.41) is 8.63. The molecular formula is C16H13FO3. The molecule has 2 rings (SSSR count). The Morgan fingerprint density at radius 2 is 2.00 bits per heavy atom. The minimum atomic E-state index is -1.02. The van der Waals surface area contributed by atoms with Gasteiger partial charge in [0.2, 0.25) is 0 Å². The van der Waals surface area contributed by atoms with Crippen LogP contribution in [0.25, 0.3) is 6.08 Å². The van der Waals surface area contributed by atoms with Gasteiger partial charge in [0.25, 0.3) is 0 Å². The summed E-state index contributed by atoms with van der Waals surface area (Å²) in [5.74, 6) is -0.788. The first-order chi connectivity index (χ1) is 9.65. The van der Waals surface area contributed by atoms with E-state index in [9.17, 15) is 9.18 Å². The topological polar surface area (TPSA) is 46.5 Å². The summed E-state index contributed by atoms with van der Waals surface area (Å²) in [6, 6.07) is 13.2. The van der Waals surface area contributed by atoms with Gasteiger partial charge in [-0.05, 0) is 29.8 Å². The molecule has 102 valence electrons. The SMILES string of the molecule is O=C(O)C=Cc1ccccc1OCc1cccc(F)c1. The Hall–Kier alpha value is -2.62. The number of rotatable bonds is 5. The average Bonchev–Trinajstić information content (AvgIpc) is 2.44. The number of ether oxygens (including phenoxy) is 1. The fraction of sp³-hybridized carbons (Fsp3) is 0.0625. The van der Waals surface area contributed by atoms with Gasteiger partial charge in [-0.25, -0.2) is 9.18 Å². The number of hydrogen-bond acceptors (Lipinski definition) is 2. The number of carboxylic acid groups (broad SMARTS) is 1. The van der Waals surface area contributed by atoms with Crippen LogP contribution in [0, 0.1) is 5.82 Å². The van der Waals surface area contributed by atoms with E-state index in [1.54, 1.807) is 36.4 Å². The molecule has 2 aromatic carbocycles. The van der Waals surface area contributed by atoms with Crippen LogP contribution in [0.2, 0.25) is 0 Å². The molecule has 0 spiro atoms. The van der Waals surface area contributed by atoms with Crippen molar-refractivity contribution in [2.75, 3.05) is 0 Å². The predicted octanol–water partition coefficient (Wildman–Crippen LogP) is 3.50. The fourth-order valence-corrected chi connectivity index (χ4v) is 1.70. The number of carboxylic acids is 1. The van der Waals surface area contributed by atoms with Crippen molar-refractivity contribution in [3.05, 3.63) is 71.6 Å². The number of aliphatic carboxylic acids is 1. The molecule has 0 unspecified atom stereocenters. The summed E-state index contributed by atoms with van der Waals surface area (Å²) in [6.45, 7) is 0.218. The maximum absolute atomic E-state index is 13.0. The number of benzene rings is 2. The van der Waals surface area contributed by atoms with Crippen LogP contribution >= 0.6 is 0 Å². The van der Waals surface area contributed by atoms with Crippen LogP contribution in [0.5, 0.6) is 5.75 Å². The zero-order valence-corrected chi connectivity index (χ0v) is 10.6. The summed E-state index contributed by atoms with van der Waals surface area (Å²) < 4.78 is 18.6. The van der Waals surface area contributed by atoms with Crippen LogP contribution < -0.4 is 4.74 Å². The molecule has 0 aliphatic heterocycles. The first-order valence-corrected chi connectivity index (χ1v) is 6.02. The number of carbonyl (C=O) groups is 1. The van der Waals surface area contributed by atoms with E-state index in [0.717, 1.165) is 6.08 Å². The highest BCUT2D eigenvalue weighted by molar-refractivity contribution is 5.85. The molecule has 20 heavy (non-hydrogen) atoms. The molecule has 0 fully saturated rings. The van der Waals surface area contributed by atoms with Crippen molar-refractivity contribution in [3.8, 4) is 5.75 Å². The van der Waals surface area contributed by atoms with E-state index in [4.69, 9.17) is 9.84 Å². The molecule has 0 amide bonds. The molecule has 0 saturated heterocycles. The molecule has 0 aromatic heterocycles. The van der Waals surface area contributed by atoms with Crippen molar-refractivity contribution in [3.63, 3.8) is 0 Å². The molecular weight excluding hydrogens is 259 g/mol. The first-order valence-electron chi connectivity index (χ1n) is 6.02. The highest BCUT2D eigenvalue weighted by Gasteiger charge is 2.02. The van der Waals surface area contributed by atoms with Crippen molar-refractivity contribution in [2.45, 2.75) is 6.61 Å². The Morgan fingerprint density at radius 1 is 1.20 bits per heavy atom. The van der Waals surface area contributed by atoms with Crippen LogP contribution in [0.4, 0.5) is 4.39 Å². The average molecular weight is 272 g/mol. The fourth-order valence-electron chi connectivity index (χ4n) is 1.70. The molecule has 0 bridgehead atoms. The second-order valence-corrected chi connectivity index (χ2v) is 4.13. The number of halogens is 1. The lowest BCUT2D eigenvalue weighted by molar-refractivity contribution is -0.131. The van der Waals surface area contributed by atoms with E-state index < -0.39 is 5.97 Å². The minimum absolute atomic E-state index is 0.218. The smallest absolute Gasteiger partial charge is 0.328 e. The molecule has 0 saturated carbocycles. The predicted molar refractivity (Wildman–Crippen MR) is 73.8 cm³/mol. The lowest BCUT2D eigenvalue weighted by atomic mass is 10.2. The normalized spacial score (nSPS) is 10.7. The third-order valence-electron chi connectivity index (χ3n) is 2.61. The van der Waals surface area contributed by atoms with Gasteiger partial charge in [-0.1, -0.05) is 30.3 Å². The van der Waals surface area contributed by atoms with Gasteiger partial charge in [-0.2, -0.15) is 0 Å². The summed E-state index contributed by atoms with van der Waals surface area (Å²) in [4.78, 5) is 10.5. The van der Waals surface area contributed by atoms with Crippen molar-refractivity contribution in [1.82, 2.24) is 0 Å². The van der Waals surface area contributed by atoms with Gasteiger partial charge in [-0.3, -0.25) is 0 Å². The quantitative estimate of drug-likeness (QED) is 0.847. The highest BCUT2D eigenvalue weighted by Crippen LogP contribution is 2.20. The summed E-state index contributed by atoms with van der Waals surface area (Å²) in [6.07, 6.45) is 2.51. The molecule has 0 heterocycles. The highest BCUT2D eigenvalue weighted by atomic mass is 19.1. The van der Waals surface area contributed by atoms with E-state index in [1.165, 1.54) is 18.2 Å². The number of hydrogen-bond donors (Lipinski definition) is 1. The van der Waals surface area contributed by atoms with E-state index in [0.29, 0.717) is 16.9 Å².